The molecule has 1 heterocycles. The summed E-state index contributed by atoms with van der Waals surface area (Å²) in [6.07, 6.45) is 1.91. The van der Waals surface area contributed by atoms with Gasteiger partial charge in [0.2, 0.25) is 5.91 Å². The number of carbonyl (C=O) groups excluding carboxylic acids is 1. The minimum atomic E-state index is -3.73. The second-order valence-electron chi connectivity index (χ2n) is 8.63. The molecule has 28 heavy (non-hydrogen) atoms. The lowest BCUT2D eigenvalue weighted by Gasteiger charge is -2.20. The highest BCUT2D eigenvalue weighted by Gasteiger charge is 2.43. The molecule has 2 aromatic carbocycles. The Morgan fingerprint density at radius 2 is 1.75 bits per heavy atom. The third kappa shape index (κ3) is 3.20. The minimum absolute atomic E-state index is 0.135. The molecule has 1 amide bonds. The van der Waals surface area contributed by atoms with Crippen LogP contribution in [0.1, 0.15) is 43.4 Å². The van der Waals surface area contributed by atoms with Crippen molar-refractivity contribution in [3.05, 3.63) is 53.1 Å². The van der Waals surface area contributed by atoms with E-state index in [1.54, 1.807) is 18.2 Å². The van der Waals surface area contributed by atoms with E-state index in [1.165, 1.54) is 0 Å². The number of aryl methyl sites for hydroxylation is 2. The maximum atomic E-state index is 13.1. The SMILES string of the molecule is Cc1cccc(C)c1NS(=O)(=O)c1ccc2c(c1)C(C)(C)CN2C(=O)C1CC1. The first kappa shape index (κ1) is 19.0. The van der Waals surface area contributed by atoms with Crippen LogP contribution in [0, 0.1) is 19.8 Å². The number of nitrogens with zero attached hydrogens (tertiary/aromatic N) is 1. The zero-order chi connectivity index (χ0) is 20.3. The van der Waals surface area contributed by atoms with Crippen molar-refractivity contribution in [2.45, 2.75) is 50.8 Å². The molecule has 1 aliphatic carbocycles. The zero-order valence-corrected chi connectivity index (χ0v) is 17.6. The summed E-state index contributed by atoms with van der Waals surface area (Å²) in [6, 6.07) is 10.8. The molecular formula is C22H26N2O3S. The molecule has 148 valence electrons. The van der Waals surface area contributed by atoms with Crippen LogP contribution in [0.5, 0.6) is 0 Å². The average Bonchev–Trinajstić information content (AvgIpc) is 3.43. The zero-order valence-electron chi connectivity index (χ0n) is 16.7. The van der Waals surface area contributed by atoms with Crippen LogP contribution in [0.2, 0.25) is 0 Å². The first-order chi connectivity index (χ1) is 13.1. The van der Waals surface area contributed by atoms with Gasteiger partial charge in [0.1, 0.15) is 0 Å². The summed E-state index contributed by atoms with van der Waals surface area (Å²) in [7, 11) is -3.73. The topological polar surface area (TPSA) is 66.5 Å². The molecule has 0 saturated heterocycles. The maximum Gasteiger partial charge on any atom is 0.261 e. The number of hydrogen-bond donors (Lipinski definition) is 1. The monoisotopic (exact) mass is 398 g/mol. The predicted octanol–water partition coefficient (Wildman–Crippen LogP) is 4.14. The molecule has 0 atom stereocenters. The molecule has 1 fully saturated rings. The van der Waals surface area contributed by atoms with Crippen molar-refractivity contribution in [3.63, 3.8) is 0 Å². The van der Waals surface area contributed by atoms with Crippen LogP contribution in [-0.2, 0) is 20.2 Å². The van der Waals surface area contributed by atoms with E-state index in [1.807, 2.05) is 36.9 Å². The number of anilines is 2. The highest BCUT2D eigenvalue weighted by atomic mass is 32.2. The fourth-order valence-corrected chi connectivity index (χ4v) is 5.17. The van der Waals surface area contributed by atoms with Gasteiger partial charge in [-0.2, -0.15) is 0 Å². The number of hydrogen-bond acceptors (Lipinski definition) is 3. The normalized spacial score (nSPS) is 18.1. The third-order valence-electron chi connectivity index (χ3n) is 5.76. The van der Waals surface area contributed by atoms with Gasteiger partial charge in [-0.3, -0.25) is 9.52 Å². The van der Waals surface area contributed by atoms with E-state index in [0.717, 1.165) is 35.2 Å². The number of nitrogens with one attached hydrogen (secondary N) is 1. The standard InChI is InChI=1S/C22H26N2O3S/c1-14-6-5-7-15(2)20(14)23-28(26,27)17-10-11-19-18(12-17)22(3,4)13-24(19)21(25)16-8-9-16/h5-7,10-12,16,23H,8-9,13H2,1-4H3. The molecular weight excluding hydrogens is 372 g/mol. The lowest BCUT2D eigenvalue weighted by atomic mass is 9.87. The van der Waals surface area contributed by atoms with Crippen molar-refractivity contribution >= 4 is 27.3 Å². The largest absolute Gasteiger partial charge is 0.311 e. The molecule has 1 saturated carbocycles. The molecule has 1 N–H and O–H groups in total. The number of carbonyl (C=O) groups is 1. The number of fused-ring (bicyclic) bond motifs is 1. The van der Waals surface area contributed by atoms with E-state index < -0.39 is 10.0 Å². The number of rotatable bonds is 4. The van der Waals surface area contributed by atoms with E-state index in [9.17, 15) is 13.2 Å². The van der Waals surface area contributed by atoms with E-state index in [0.29, 0.717) is 12.2 Å². The molecule has 0 aromatic heterocycles. The molecule has 0 bridgehead atoms. The van der Waals surface area contributed by atoms with Crippen LogP contribution in [0.4, 0.5) is 11.4 Å². The smallest absolute Gasteiger partial charge is 0.261 e. The Labute approximate surface area is 166 Å². The minimum Gasteiger partial charge on any atom is -0.311 e. The maximum absolute atomic E-state index is 13.1. The van der Waals surface area contributed by atoms with Gasteiger partial charge in [-0.05, 0) is 61.6 Å². The van der Waals surface area contributed by atoms with Gasteiger partial charge < -0.3 is 4.90 Å². The van der Waals surface area contributed by atoms with Crippen LogP contribution < -0.4 is 9.62 Å². The molecule has 1 aliphatic heterocycles. The Hall–Kier alpha value is -2.34. The average molecular weight is 399 g/mol. The van der Waals surface area contributed by atoms with Crippen molar-refractivity contribution in [2.24, 2.45) is 5.92 Å². The van der Waals surface area contributed by atoms with Crippen LogP contribution in [0.15, 0.2) is 41.3 Å². The Morgan fingerprint density at radius 1 is 1.11 bits per heavy atom. The fourth-order valence-electron chi connectivity index (χ4n) is 3.94. The van der Waals surface area contributed by atoms with Crippen molar-refractivity contribution < 1.29 is 13.2 Å². The van der Waals surface area contributed by atoms with Gasteiger partial charge in [0.15, 0.2) is 0 Å². The number of amides is 1. The molecule has 5 nitrogen and oxygen atoms in total. The second-order valence-corrected chi connectivity index (χ2v) is 10.3. The van der Waals surface area contributed by atoms with Crippen molar-refractivity contribution in [3.8, 4) is 0 Å². The van der Waals surface area contributed by atoms with Gasteiger partial charge >= 0.3 is 0 Å². The second kappa shape index (κ2) is 6.34. The van der Waals surface area contributed by atoms with Crippen molar-refractivity contribution in [1.29, 1.82) is 0 Å². The number of benzene rings is 2. The van der Waals surface area contributed by atoms with Gasteiger partial charge in [0, 0.05) is 23.6 Å². The van der Waals surface area contributed by atoms with Gasteiger partial charge in [-0.15, -0.1) is 0 Å². The highest BCUT2D eigenvalue weighted by Crippen LogP contribution is 2.44. The molecule has 6 heteroatoms. The van der Waals surface area contributed by atoms with Gasteiger partial charge in [-0.25, -0.2) is 8.42 Å². The molecule has 2 aromatic rings. The summed E-state index contributed by atoms with van der Waals surface area (Å²) in [6.45, 7) is 8.48. The predicted molar refractivity (Wildman–Crippen MR) is 111 cm³/mol. The summed E-state index contributed by atoms with van der Waals surface area (Å²) in [4.78, 5) is 14.7. The Kier molecular flexibility index (Phi) is 4.30. The lowest BCUT2D eigenvalue weighted by Crippen LogP contribution is -2.34. The molecule has 4 rings (SSSR count). The van der Waals surface area contributed by atoms with Crippen LogP contribution in [0.25, 0.3) is 0 Å². The molecule has 0 radical (unpaired) electrons. The Balaban J connectivity index is 1.71. The van der Waals surface area contributed by atoms with Crippen LogP contribution >= 0.6 is 0 Å². The first-order valence-corrected chi connectivity index (χ1v) is 11.1. The van der Waals surface area contributed by atoms with E-state index in [2.05, 4.69) is 18.6 Å². The van der Waals surface area contributed by atoms with Gasteiger partial charge in [-0.1, -0.05) is 32.0 Å². The molecule has 2 aliphatic rings. The summed E-state index contributed by atoms with van der Waals surface area (Å²) in [5.41, 5.74) is 3.84. The summed E-state index contributed by atoms with van der Waals surface area (Å²) >= 11 is 0. The Bertz CT molecular complexity index is 1050. The number of para-hydroxylation sites is 1. The summed E-state index contributed by atoms with van der Waals surface area (Å²) < 4.78 is 28.9. The van der Waals surface area contributed by atoms with Gasteiger partial charge in [0.25, 0.3) is 10.0 Å². The van der Waals surface area contributed by atoms with Crippen molar-refractivity contribution in [1.82, 2.24) is 0 Å². The Morgan fingerprint density at radius 3 is 2.36 bits per heavy atom. The van der Waals surface area contributed by atoms with Crippen molar-refractivity contribution in [2.75, 3.05) is 16.2 Å². The number of sulfonamides is 1. The fraction of sp³-hybridized carbons (Fsp3) is 0.409. The molecule has 0 unspecified atom stereocenters. The van der Waals surface area contributed by atoms with Crippen LogP contribution in [0.3, 0.4) is 0 Å². The lowest BCUT2D eigenvalue weighted by molar-refractivity contribution is -0.119. The third-order valence-corrected chi connectivity index (χ3v) is 7.11. The van der Waals surface area contributed by atoms with E-state index >= 15 is 0 Å². The van der Waals surface area contributed by atoms with E-state index in [-0.39, 0.29) is 22.1 Å². The molecule has 0 spiro atoms. The van der Waals surface area contributed by atoms with Gasteiger partial charge in [0.05, 0.1) is 10.6 Å². The first-order valence-electron chi connectivity index (χ1n) is 9.65. The summed E-state index contributed by atoms with van der Waals surface area (Å²) in [5.74, 6) is 0.298. The quantitative estimate of drug-likeness (QED) is 0.842. The van der Waals surface area contributed by atoms with Crippen LogP contribution in [-0.4, -0.2) is 20.9 Å². The summed E-state index contributed by atoms with van der Waals surface area (Å²) in [5, 5.41) is 0. The van der Waals surface area contributed by atoms with E-state index in [4.69, 9.17) is 0 Å². The highest BCUT2D eigenvalue weighted by molar-refractivity contribution is 7.92.